The second-order valence-electron chi connectivity index (χ2n) is 7.76. The van der Waals surface area contributed by atoms with Gasteiger partial charge in [0.1, 0.15) is 12.1 Å². The van der Waals surface area contributed by atoms with E-state index in [9.17, 15) is 14.7 Å². The standard InChI is InChI=1S/C19H30N2O3/c1-12(2)10-16(22)18(24)21-15(17(20)23)11-13-6-8-14(9-7-13)19(3,4)5/h6-9,12,15-16,22H,10-11H2,1-5H3,(H2,20,23)(H,21,24)/t15-,16-/m1/s1. The number of carbonyl (C=O) groups excluding carboxylic acids is 2. The van der Waals surface area contributed by atoms with Crippen LogP contribution in [0.15, 0.2) is 24.3 Å². The molecule has 24 heavy (non-hydrogen) atoms. The first-order valence-electron chi connectivity index (χ1n) is 8.38. The van der Waals surface area contributed by atoms with Gasteiger partial charge in [0.2, 0.25) is 11.8 Å². The Labute approximate surface area is 144 Å². The van der Waals surface area contributed by atoms with Crippen molar-refractivity contribution in [2.75, 3.05) is 0 Å². The van der Waals surface area contributed by atoms with E-state index in [0.29, 0.717) is 12.8 Å². The summed E-state index contributed by atoms with van der Waals surface area (Å²) in [5.74, 6) is -0.985. The molecule has 5 nitrogen and oxygen atoms in total. The number of nitrogens with two attached hydrogens (primary N) is 1. The third-order valence-electron chi connectivity index (χ3n) is 3.92. The fourth-order valence-corrected chi connectivity index (χ4v) is 2.42. The molecule has 0 aromatic heterocycles. The Balaban J connectivity index is 2.76. The predicted molar refractivity (Wildman–Crippen MR) is 95.4 cm³/mol. The summed E-state index contributed by atoms with van der Waals surface area (Å²) in [5.41, 5.74) is 7.55. The third-order valence-corrected chi connectivity index (χ3v) is 3.92. The number of carbonyl (C=O) groups is 2. The van der Waals surface area contributed by atoms with E-state index in [4.69, 9.17) is 5.73 Å². The summed E-state index contributed by atoms with van der Waals surface area (Å²) in [7, 11) is 0. The molecule has 0 spiro atoms. The van der Waals surface area contributed by atoms with Crippen molar-refractivity contribution in [2.24, 2.45) is 11.7 Å². The maximum Gasteiger partial charge on any atom is 0.249 e. The van der Waals surface area contributed by atoms with E-state index in [2.05, 4.69) is 26.1 Å². The lowest BCUT2D eigenvalue weighted by Gasteiger charge is -2.21. The Morgan fingerprint density at radius 3 is 2.12 bits per heavy atom. The van der Waals surface area contributed by atoms with Crippen LogP contribution in [0.1, 0.15) is 52.2 Å². The van der Waals surface area contributed by atoms with Crippen molar-refractivity contribution in [3.63, 3.8) is 0 Å². The van der Waals surface area contributed by atoms with Crippen LogP contribution < -0.4 is 11.1 Å². The molecule has 0 saturated carbocycles. The zero-order chi connectivity index (χ0) is 18.5. The van der Waals surface area contributed by atoms with Gasteiger partial charge in [0, 0.05) is 6.42 Å². The van der Waals surface area contributed by atoms with Gasteiger partial charge in [0.25, 0.3) is 0 Å². The van der Waals surface area contributed by atoms with Crippen molar-refractivity contribution < 1.29 is 14.7 Å². The van der Waals surface area contributed by atoms with Crippen LogP contribution in [0.3, 0.4) is 0 Å². The molecule has 0 unspecified atom stereocenters. The molecule has 0 aliphatic carbocycles. The van der Waals surface area contributed by atoms with Crippen molar-refractivity contribution in [3.8, 4) is 0 Å². The second-order valence-corrected chi connectivity index (χ2v) is 7.76. The summed E-state index contributed by atoms with van der Waals surface area (Å²) in [5, 5.41) is 12.4. The molecule has 2 atom stereocenters. The van der Waals surface area contributed by atoms with E-state index in [-0.39, 0.29) is 11.3 Å². The normalized spacial score (nSPS) is 14.3. The van der Waals surface area contributed by atoms with Crippen molar-refractivity contribution in [2.45, 2.75) is 65.0 Å². The number of amides is 2. The van der Waals surface area contributed by atoms with Crippen molar-refractivity contribution >= 4 is 11.8 Å². The van der Waals surface area contributed by atoms with Gasteiger partial charge in [-0.15, -0.1) is 0 Å². The highest BCUT2D eigenvalue weighted by Crippen LogP contribution is 2.22. The minimum atomic E-state index is -1.13. The van der Waals surface area contributed by atoms with Crippen molar-refractivity contribution in [3.05, 3.63) is 35.4 Å². The minimum Gasteiger partial charge on any atom is -0.383 e. The highest BCUT2D eigenvalue weighted by molar-refractivity contribution is 5.88. The number of rotatable bonds is 7. The molecule has 0 saturated heterocycles. The van der Waals surface area contributed by atoms with E-state index in [1.165, 1.54) is 5.56 Å². The van der Waals surface area contributed by atoms with E-state index in [0.717, 1.165) is 5.56 Å². The fraction of sp³-hybridized carbons (Fsp3) is 0.579. The average molecular weight is 334 g/mol. The number of aliphatic hydroxyl groups excluding tert-OH is 1. The van der Waals surface area contributed by atoms with Gasteiger partial charge in [-0.25, -0.2) is 0 Å². The lowest BCUT2D eigenvalue weighted by molar-refractivity contribution is -0.133. The SMILES string of the molecule is CC(C)C[C@@H](O)C(=O)N[C@H](Cc1ccc(C(C)(C)C)cc1)C(N)=O. The first kappa shape index (κ1) is 20.2. The molecule has 134 valence electrons. The first-order chi connectivity index (χ1) is 11.0. The van der Waals surface area contributed by atoms with Gasteiger partial charge in [-0.05, 0) is 28.9 Å². The molecule has 0 heterocycles. The Bertz CT molecular complexity index is 559. The van der Waals surface area contributed by atoms with Crippen LogP contribution in [0.2, 0.25) is 0 Å². The van der Waals surface area contributed by atoms with E-state index in [1.54, 1.807) is 0 Å². The Morgan fingerprint density at radius 2 is 1.71 bits per heavy atom. The van der Waals surface area contributed by atoms with Crippen LogP contribution in [0.4, 0.5) is 0 Å². The number of hydrogen-bond acceptors (Lipinski definition) is 3. The van der Waals surface area contributed by atoms with Gasteiger partial charge >= 0.3 is 0 Å². The van der Waals surface area contributed by atoms with Gasteiger partial charge in [-0.2, -0.15) is 0 Å². The van der Waals surface area contributed by atoms with Crippen LogP contribution in [-0.4, -0.2) is 29.1 Å². The molecule has 1 rings (SSSR count). The molecule has 0 radical (unpaired) electrons. The van der Waals surface area contributed by atoms with Gasteiger partial charge < -0.3 is 16.2 Å². The number of primary amides is 1. The largest absolute Gasteiger partial charge is 0.383 e. The highest BCUT2D eigenvalue weighted by Gasteiger charge is 2.23. The molecule has 1 aromatic carbocycles. The monoisotopic (exact) mass is 334 g/mol. The molecular weight excluding hydrogens is 304 g/mol. The fourth-order valence-electron chi connectivity index (χ4n) is 2.42. The van der Waals surface area contributed by atoms with Gasteiger partial charge in [0.15, 0.2) is 0 Å². The molecule has 0 aliphatic heterocycles. The molecule has 4 N–H and O–H groups in total. The predicted octanol–water partition coefficient (Wildman–Crippen LogP) is 1.90. The minimum absolute atomic E-state index is 0.0524. The van der Waals surface area contributed by atoms with Crippen molar-refractivity contribution in [1.29, 1.82) is 0 Å². The summed E-state index contributed by atoms with van der Waals surface area (Å²) < 4.78 is 0. The zero-order valence-electron chi connectivity index (χ0n) is 15.3. The zero-order valence-corrected chi connectivity index (χ0v) is 15.3. The smallest absolute Gasteiger partial charge is 0.249 e. The van der Waals surface area contributed by atoms with Gasteiger partial charge in [-0.3, -0.25) is 9.59 Å². The Kier molecular flexibility index (Phi) is 6.96. The highest BCUT2D eigenvalue weighted by atomic mass is 16.3. The van der Waals surface area contributed by atoms with E-state index in [1.807, 2.05) is 38.1 Å². The van der Waals surface area contributed by atoms with Gasteiger partial charge in [0.05, 0.1) is 0 Å². The third kappa shape index (κ3) is 6.32. The number of hydrogen-bond donors (Lipinski definition) is 3. The molecule has 0 aliphatic rings. The first-order valence-corrected chi connectivity index (χ1v) is 8.38. The summed E-state index contributed by atoms with van der Waals surface area (Å²) in [6, 6.07) is 7.08. The van der Waals surface area contributed by atoms with E-state index < -0.39 is 24.0 Å². The number of aliphatic hydroxyl groups is 1. The summed E-state index contributed by atoms with van der Waals surface area (Å²) in [4.78, 5) is 23.6. The summed E-state index contributed by atoms with van der Waals surface area (Å²) in [6.45, 7) is 10.2. The maximum absolute atomic E-state index is 12.0. The van der Waals surface area contributed by atoms with Crippen LogP contribution in [-0.2, 0) is 21.4 Å². The molecule has 0 fully saturated rings. The average Bonchev–Trinajstić information content (AvgIpc) is 2.45. The summed E-state index contributed by atoms with van der Waals surface area (Å²) >= 11 is 0. The van der Waals surface area contributed by atoms with Crippen LogP contribution in [0.25, 0.3) is 0 Å². The van der Waals surface area contributed by atoms with Crippen LogP contribution >= 0.6 is 0 Å². The molecular formula is C19H30N2O3. The lowest BCUT2D eigenvalue weighted by Crippen LogP contribution is -2.49. The second kappa shape index (κ2) is 8.29. The van der Waals surface area contributed by atoms with Crippen LogP contribution in [0, 0.1) is 5.92 Å². The number of nitrogens with one attached hydrogen (secondary N) is 1. The lowest BCUT2D eigenvalue weighted by atomic mass is 9.86. The summed E-state index contributed by atoms with van der Waals surface area (Å²) in [6.07, 6.45) is -0.479. The van der Waals surface area contributed by atoms with Crippen molar-refractivity contribution in [1.82, 2.24) is 5.32 Å². The quantitative estimate of drug-likeness (QED) is 0.711. The molecule has 2 amide bonds. The topological polar surface area (TPSA) is 92.4 Å². The molecule has 1 aromatic rings. The number of benzene rings is 1. The molecule has 0 bridgehead atoms. The van der Waals surface area contributed by atoms with Crippen LogP contribution in [0.5, 0.6) is 0 Å². The Morgan fingerprint density at radius 1 is 1.17 bits per heavy atom. The van der Waals surface area contributed by atoms with E-state index >= 15 is 0 Å². The van der Waals surface area contributed by atoms with Gasteiger partial charge in [-0.1, -0.05) is 58.9 Å². The molecule has 5 heteroatoms. The Hall–Kier alpha value is -1.88. The maximum atomic E-state index is 12.0.